The van der Waals surface area contributed by atoms with E-state index >= 15 is 0 Å². The smallest absolute Gasteiger partial charge is 0.191 e. The van der Waals surface area contributed by atoms with Crippen LogP contribution in [0.3, 0.4) is 0 Å². The topological polar surface area (TPSA) is 64.1 Å². The van der Waals surface area contributed by atoms with E-state index in [9.17, 15) is 0 Å². The Morgan fingerprint density at radius 3 is 2.55 bits per heavy atom. The molecule has 2 aromatic carbocycles. The normalized spacial score (nSPS) is 11.2. The highest BCUT2D eigenvalue weighted by Crippen LogP contribution is 2.21. The van der Waals surface area contributed by atoms with E-state index in [0.29, 0.717) is 19.8 Å². The second kappa shape index (κ2) is 12.7. The number of nitrogens with zero attached hydrogens (tertiary/aromatic N) is 1. The van der Waals surface area contributed by atoms with E-state index in [1.165, 1.54) is 5.56 Å². The molecule has 158 valence electrons. The Balaban J connectivity index is 1.99. The standard InChI is InChI=1S/C23H33N3O3/c1-5-24-23(25-13-12-19-8-6-7-9-21(19)28-4)26-17-20-11-10-18(2)16-22(20)29-15-14-27-3/h6-11,16H,5,12-15,17H2,1-4H3,(H2,24,25,26). The number of guanidine groups is 1. The van der Waals surface area contributed by atoms with Crippen molar-refractivity contribution in [3.8, 4) is 11.5 Å². The Hall–Kier alpha value is -2.73. The second-order valence-corrected chi connectivity index (χ2v) is 6.64. The van der Waals surface area contributed by atoms with Gasteiger partial charge < -0.3 is 24.8 Å². The summed E-state index contributed by atoms with van der Waals surface area (Å²) in [6.07, 6.45) is 0.852. The van der Waals surface area contributed by atoms with Crippen LogP contribution in [-0.4, -0.2) is 46.5 Å². The molecule has 0 heterocycles. The van der Waals surface area contributed by atoms with E-state index < -0.39 is 0 Å². The van der Waals surface area contributed by atoms with Crippen molar-refractivity contribution in [1.82, 2.24) is 10.6 Å². The first-order valence-electron chi connectivity index (χ1n) is 10.0. The van der Waals surface area contributed by atoms with E-state index in [2.05, 4.69) is 42.7 Å². The van der Waals surface area contributed by atoms with Crippen LogP contribution in [0.25, 0.3) is 0 Å². The molecule has 0 saturated heterocycles. The molecule has 29 heavy (non-hydrogen) atoms. The van der Waals surface area contributed by atoms with Crippen LogP contribution in [0, 0.1) is 6.92 Å². The molecule has 2 N–H and O–H groups in total. The summed E-state index contributed by atoms with van der Waals surface area (Å²) in [7, 11) is 3.37. The number of ether oxygens (including phenoxy) is 3. The molecule has 2 aromatic rings. The lowest BCUT2D eigenvalue weighted by Gasteiger charge is -2.14. The second-order valence-electron chi connectivity index (χ2n) is 6.64. The van der Waals surface area contributed by atoms with Crippen molar-refractivity contribution >= 4 is 5.96 Å². The molecular weight excluding hydrogens is 366 g/mol. The van der Waals surface area contributed by atoms with Crippen LogP contribution < -0.4 is 20.1 Å². The van der Waals surface area contributed by atoms with E-state index in [0.717, 1.165) is 48.1 Å². The molecule has 2 rings (SSSR count). The SMILES string of the molecule is CCNC(=NCc1ccc(C)cc1OCCOC)NCCc1ccccc1OC. The van der Waals surface area contributed by atoms with E-state index in [4.69, 9.17) is 19.2 Å². The third kappa shape index (κ3) is 7.66. The van der Waals surface area contributed by atoms with Gasteiger partial charge in [-0.3, -0.25) is 0 Å². The Labute approximate surface area is 174 Å². The van der Waals surface area contributed by atoms with E-state index in [1.807, 2.05) is 24.3 Å². The van der Waals surface area contributed by atoms with Crippen molar-refractivity contribution in [2.24, 2.45) is 4.99 Å². The van der Waals surface area contributed by atoms with Gasteiger partial charge in [0.2, 0.25) is 0 Å². The molecule has 0 aliphatic carbocycles. The van der Waals surface area contributed by atoms with Crippen molar-refractivity contribution in [1.29, 1.82) is 0 Å². The summed E-state index contributed by atoms with van der Waals surface area (Å²) in [5, 5.41) is 6.69. The van der Waals surface area contributed by atoms with Crippen LogP contribution in [0.4, 0.5) is 0 Å². The maximum absolute atomic E-state index is 5.87. The van der Waals surface area contributed by atoms with Gasteiger partial charge in [0.25, 0.3) is 0 Å². The zero-order valence-electron chi connectivity index (χ0n) is 18.0. The average Bonchev–Trinajstić information content (AvgIpc) is 2.73. The average molecular weight is 400 g/mol. The first-order chi connectivity index (χ1) is 14.2. The van der Waals surface area contributed by atoms with Gasteiger partial charge in [0, 0.05) is 25.8 Å². The number of hydrogen-bond acceptors (Lipinski definition) is 4. The summed E-state index contributed by atoms with van der Waals surface area (Å²) in [6, 6.07) is 14.3. The van der Waals surface area contributed by atoms with Crippen molar-refractivity contribution in [2.45, 2.75) is 26.8 Å². The molecule has 0 aliphatic rings. The molecule has 0 bridgehead atoms. The number of para-hydroxylation sites is 1. The molecule has 0 aliphatic heterocycles. The van der Waals surface area contributed by atoms with Crippen molar-refractivity contribution in [3.05, 3.63) is 59.2 Å². The van der Waals surface area contributed by atoms with Gasteiger partial charge >= 0.3 is 0 Å². The largest absolute Gasteiger partial charge is 0.496 e. The number of methoxy groups -OCH3 is 2. The third-order valence-corrected chi connectivity index (χ3v) is 4.40. The summed E-state index contributed by atoms with van der Waals surface area (Å²) in [4.78, 5) is 4.73. The van der Waals surface area contributed by atoms with Crippen molar-refractivity contribution in [2.75, 3.05) is 40.5 Å². The molecule has 0 aromatic heterocycles. The zero-order chi connectivity index (χ0) is 20.9. The lowest BCUT2D eigenvalue weighted by atomic mass is 10.1. The van der Waals surface area contributed by atoms with Crippen molar-refractivity contribution in [3.63, 3.8) is 0 Å². The number of nitrogens with one attached hydrogen (secondary N) is 2. The molecule has 0 unspecified atom stereocenters. The lowest BCUT2D eigenvalue weighted by molar-refractivity contribution is 0.145. The van der Waals surface area contributed by atoms with Gasteiger partial charge in [0.15, 0.2) is 5.96 Å². The first-order valence-corrected chi connectivity index (χ1v) is 10.0. The number of aliphatic imine (C=N–C) groups is 1. The number of benzene rings is 2. The Bertz CT molecular complexity index is 778. The summed E-state index contributed by atoms with van der Waals surface area (Å²) >= 11 is 0. The summed E-state index contributed by atoms with van der Waals surface area (Å²) in [5.41, 5.74) is 3.38. The van der Waals surface area contributed by atoms with E-state index in [1.54, 1.807) is 14.2 Å². The molecule has 0 radical (unpaired) electrons. The minimum Gasteiger partial charge on any atom is -0.496 e. The van der Waals surface area contributed by atoms with Crippen LogP contribution in [0.5, 0.6) is 11.5 Å². The van der Waals surface area contributed by atoms with Gasteiger partial charge in [-0.1, -0.05) is 30.3 Å². The first kappa shape index (κ1) is 22.6. The molecule has 6 nitrogen and oxygen atoms in total. The molecule has 6 heteroatoms. The van der Waals surface area contributed by atoms with Gasteiger partial charge in [0.05, 0.1) is 20.3 Å². The molecule has 0 fully saturated rings. The Morgan fingerprint density at radius 2 is 1.79 bits per heavy atom. The fraction of sp³-hybridized carbons (Fsp3) is 0.435. The summed E-state index contributed by atoms with van der Waals surface area (Å²) in [6.45, 7) is 7.29. The Morgan fingerprint density at radius 1 is 0.966 bits per heavy atom. The van der Waals surface area contributed by atoms with Crippen LogP contribution in [0.1, 0.15) is 23.6 Å². The van der Waals surface area contributed by atoms with Gasteiger partial charge in [-0.2, -0.15) is 0 Å². The molecule has 0 saturated carbocycles. The number of hydrogen-bond donors (Lipinski definition) is 2. The van der Waals surface area contributed by atoms with Gasteiger partial charge in [0.1, 0.15) is 18.1 Å². The summed E-state index contributed by atoms with van der Waals surface area (Å²) < 4.78 is 16.4. The lowest BCUT2D eigenvalue weighted by Crippen LogP contribution is -2.38. The molecule has 0 atom stereocenters. The fourth-order valence-corrected chi connectivity index (χ4v) is 2.89. The predicted molar refractivity (Wildman–Crippen MR) is 118 cm³/mol. The predicted octanol–water partition coefficient (Wildman–Crippen LogP) is 3.33. The fourth-order valence-electron chi connectivity index (χ4n) is 2.89. The maximum Gasteiger partial charge on any atom is 0.191 e. The zero-order valence-corrected chi connectivity index (χ0v) is 18.0. The quantitative estimate of drug-likeness (QED) is 0.345. The number of aryl methyl sites for hydroxylation is 1. The van der Waals surface area contributed by atoms with Crippen LogP contribution >= 0.6 is 0 Å². The van der Waals surface area contributed by atoms with Gasteiger partial charge in [-0.15, -0.1) is 0 Å². The summed E-state index contributed by atoms with van der Waals surface area (Å²) in [5.74, 6) is 2.55. The maximum atomic E-state index is 5.87. The molecule has 0 spiro atoms. The highest BCUT2D eigenvalue weighted by atomic mass is 16.5. The van der Waals surface area contributed by atoms with Crippen LogP contribution in [0.2, 0.25) is 0 Å². The number of rotatable bonds is 11. The minimum absolute atomic E-state index is 0.522. The van der Waals surface area contributed by atoms with Gasteiger partial charge in [-0.25, -0.2) is 4.99 Å². The van der Waals surface area contributed by atoms with Crippen LogP contribution in [0.15, 0.2) is 47.5 Å². The highest BCUT2D eigenvalue weighted by molar-refractivity contribution is 5.79. The van der Waals surface area contributed by atoms with Crippen LogP contribution in [-0.2, 0) is 17.7 Å². The molecule has 0 amide bonds. The monoisotopic (exact) mass is 399 g/mol. The molecular formula is C23H33N3O3. The van der Waals surface area contributed by atoms with Crippen molar-refractivity contribution < 1.29 is 14.2 Å². The highest BCUT2D eigenvalue weighted by Gasteiger charge is 2.06. The van der Waals surface area contributed by atoms with Gasteiger partial charge in [-0.05, 0) is 43.5 Å². The minimum atomic E-state index is 0.522. The third-order valence-electron chi connectivity index (χ3n) is 4.40. The Kier molecular flexibility index (Phi) is 9.86. The van der Waals surface area contributed by atoms with E-state index in [-0.39, 0.29) is 0 Å².